The van der Waals surface area contributed by atoms with E-state index >= 15 is 0 Å². The van der Waals surface area contributed by atoms with Crippen LogP contribution < -0.4 is 5.32 Å². The molecular formula is C19H31NO. The Hall–Kier alpha value is -0.860. The van der Waals surface area contributed by atoms with Gasteiger partial charge in [-0.25, -0.2) is 0 Å². The van der Waals surface area contributed by atoms with Gasteiger partial charge in [0.05, 0.1) is 6.10 Å². The first-order valence-electron chi connectivity index (χ1n) is 8.39. The van der Waals surface area contributed by atoms with Crippen LogP contribution in [0, 0.1) is 33.6 Å². The Bertz CT molecular complexity index is 469. The molecule has 0 saturated carbocycles. The van der Waals surface area contributed by atoms with E-state index in [1.54, 1.807) is 0 Å². The Morgan fingerprint density at radius 3 is 2.29 bits per heavy atom. The van der Waals surface area contributed by atoms with E-state index in [0.29, 0.717) is 18.1 Å². The van der Waals surface area contributed by atoms with E-state index in [2.05, 4.69) is 52.9 Å². The van der Waals surface area contributed by atoms with E-state index < -0.39 is 0 Å². The number of benzene rings is 1. The van der Waals surface area contributed by atoms with E-state index in [1.165, 1.54) is 34.2 Å². The summed E-state index contributed by atoms with van der Waals surface area (Å²) < 4.78 is 5.85. The predicted molar refractivity (Wildman–Crippen MR) is 89.9 cm³/mol. The summed E-state index contributed by atoms with van der Waals surface area (Å²) in [5.74, 6) is 0.579. The molecule has 1 aliphatic heterocycles. The summed E-state index contributed by atoms with van der Waals surface area (Å²) in [5, 5.41) is 3.81. The van der Waals surface area contributed by atoms with Crippen molar-refractivity contribution in [2.24, 2.45) is 5.92 Å². The lowest BCUT2D eigenvalue weighted by Gasteiger charge is -2.31. The summed E-state index contributed by atoms with van der Waals surface area (Å²) in [6, 6.07) is 2.74. The maximum atomic E-state index is 5.85. The number of aryl methyl sites for hydroxylation is 2. The lowest BCUT2D eigenvalue weighted by atomic mass is 9.81. The zero-order valence-electron chi connectivity index (χ0n) is 14.5. The highest BCUT2D eigenvalue weighted by Gasteiger charge is 2.34. The summed E-state index contributed by atoms with van der Waals surface area (Å²) in [6.45, 7) is 15.5. The fourth-order valence-corrected chi connectivity index (χ4v) is 3.67. The average molecular weight is 289 g/mol. The van der Waals surface area contributed by atoms with Crippen LogP contribution in [0.4, 0.5) is 0 Å². The zero-order chi connectivity index (χ0) is 15.6. The summed E-state index contributed by atoms with van der Waals surface area (Å²) in [5.41, 5.74) is 7.23. The molecule has 1 aromatic rings. The highest BCUT2D eigenvalue weighted by atomic mass is 16.5. The Morgan fingerprint density at radius 1 is 1.19 bits per heavy atom. The van der Waals surface area contributed by atoms with Gasteiger partial charge in [-0.15, -0.1) is 0 Å². The second-order valence-electron chi connectivity index (χ2n) is 6.63. The van der Waals surface area contributed by atoms with E-state index in [1.807, 2.05) is 0 Å². The molecular weight excluding hydrogens is 258 g/mol. The first-order valence-corrected chi connectivity index (χ1v) is 8.39. The molecule has 1 aromatic carbocycles. The smallest absolute Gasteiger partial charge is 0.0594 e. The molecule has 3 unspecified atom stereocenters. The lowest BCUT2D eigenvalue weighted by molar-refractivity contribution is 0.0952. The van der Waals surface area contributed by atoms with Gasteiger partial charge >= 0.3 is 0 Å². The normalized spacial score (nSPS) is 23.5. The minimum absolute atomic E-state index is 0.346. The predicted octanol–water partition coefficient (Wildman–Crippen LogP) is 4.39. The highest BCUT2D eigenvalue weighted by Crippen LogP contribution is 2.37. The zero-order valence-corrected chi connectivity index (χ0v) is 14.5. The molecule has 0 aliphatic carbocycles. The van der Waals surface area contributed by atoms with E-state index in [0.717, 1.165) is 19.6 Å². The monoisotopic (exact) mass is 289 g/mol. The topological polar surface area (TPSA) is 21.3 Å². The minimum atomic E-state index is 0.346. The van der Waals surface area contributed by atoms with Crippen molar-refractivity contribution in [3.05, 3.63) is 33.9 Å². The molecule has 2 rings (SSSR count). The van der Waals surface area contributed by atoms with Crippen molar-refractivity contribution in [3.63, 3.8) is 0 Å². The summed E-state index contributed by atoms with van der Waals surface area (Å²) in [6.07, 6.45) is 2.68. The van der Waals surface area contributed by atoms with Crippen LogP contribution in [0.1, 0.15) is 60.5 Å². The van der Waals surface area contributed by atoms with Crippen molar-refractivity contribution >= 4 is 0 Å². The first kappa shape index (κ1) is 16.5. The number of hydrogen-bond acceptors (Lipinski definition) is 2. The SMILES string of the molecule is CCCNC(c1c(C)c(C)cc(C)c1C)C1CCOC1C. The second-order valence-corrected chi connectivity index (χ2v) is 6.63. The van der Waals surface area contributed by atoms with E-state index in [4.69, 9.17) is 4.74 Å². The summed E-state index contributed by atoms with van der Waals surface area (Å²) in [4.78, 5) is 0. The molecule has 1 saturated heterocycles. The molecule has 0 amide bonds. The summed E-state index contributed by atoms with van der Waals surface area (Å²) in [7, 11) is 0. The van der Waals surface area contributed by atoms with Crippen LogP contribution in [0.25, 0.3) is 0 Å². The number of nitrogens with one attached hydrogen (secondary N) is 1. The standard InChI is InChI=1S/C19H31NO/c1-7-9-20-19(17-8-10-21-16(17)6)18-14(4)12(2)11-13(3)15(18)5/h11,16-17,19-20H,7-10H2,1-6H3. The second kappa shape index (κ2) is 6.93. The molecule has 1 heterocycles. The van der Waals surface area contributed by atoms with Crippen molar-refractivity contribution in [1.29, 1.82) is 0 Å². The fraction of sp³-hybridized carbons (Fsp3) is 0.684. The number of rotatable bonds is 5. The van der Waals surface area contributed by atoms with Crippen molar-refractivity contribution < 1.29 is 4.74 Å². The third kappa shape index (κ3) is 3.32. The van der Waals surface area contributed by atoms with Crippen LogP contribution in [-0.2, 0) is 4.74 Å². The molecule has 2 heteroatoms. The maximum Gasteiger partial charge on any atom is 0.0594 e. The van der Waals surface area contributed by atoms with Crippen molar-refractivity contribution in [2.75, 3.05) is 13.2 Å². The first-order chi connectivity index (χ1) is 9.97. The molecule has 1 aliphatic rings. The van der Waals surface area contributed by atoms with Crippen LogP contribution in [0.5, 0.6) is 0 Å². The Labute approximate surface area is 130 Å². The molecule has 0 spiro atoms. The van der Waals surface area contributed by atoms with Crippen LogP contribution in [0.2, 0.25) is 0 Å². The number of ether oxygens (including phenoxy) is 1. The third-order valence-electron chi connectivity index (χ3n) is 5.21. The van der Waals surface area contributed by atoms with Gasteiger partial charge in [0, 0.05) is 18.6 Å². The molecule has 0 bridgehead atoms. The lowest BCUT2D eigenvalue weighted by Crippen LogP contribution is -2.33. The van der Waals surface area contributed by atoms with Gasteiger partial charge in [0.2, 0.25) is 0 Å². The van der Waals surface area contributed by atoms with Crippen LogP contribution in [0.15, 0.2) is 6.07 Å². The Kier molecular flexibility index (Phi) is 5.45. The van der Waals surface area contributed by atoms with Gasteiger partial charge in [-0.1, -0.05) is 13.0 Å². The molecule has 2 nitrogen and oxygen atoms in total. The molecule has 0 aromatic heterocycles. The number of hydrogen-bond donors (Lipinski definition) is 1. The van der Waals surface area contributed by atoms with Crippen molar-refractivity contribution in [2.45, 2.75) is 66.5 Å². The van der Waals surface area contributed by atoms with Gasteiger partial charge in [0.15, 0.2) is 0 Å². The molecule has 21 heavy (non-hydrogen) atoms. The van der Waals surface area contributed by atoms with Gasteiger partial charge in [0.1, 0.15) is 0 Å². The Balaban J connectivity index is 2.45. The van der Waals surface area contributed by atoms with Gasteiger partial charge in [-0.3, -0.25) is 0 Å². The maximum absolute atomic E-state index is 5.85. The molecule has 118 valence electrons. The third-order valence-corrected chi connectivity index (χ3v) is 5.21. The van der Waals surface area contributed by atoms with Gasteiger partial charge in [0.25, 0.3) is 0 Å². The molecule has 1 fully saturated rings. The quantitative estimate of drug-likeness (QED) is 0.868. The van der Waals surface area contributed by atoms with Crippen molar-refractivity contribution in [1.82, 2.24) is 5.32 Å². The minimum Gasteiger partial charge on any atom is -0.378 e. The van der Waals surface area contributed by atoms with Crippen LogP contribution >= 0.6 is 0 Å². The van der Waals surface area contributed by atoms with Gasteiger partial charge < -0.3 is 10.1 Å². The molecule has 3 atom stereocenters. The van der Waals surface area contributed by atoms with Gasteiger partial charge in [-0.05, 0) is 81.8 Å². The van der Waals surface area contributed by atoms with Crippen LogP contribution in [0.3, 0.4) is 0 Å². The van der Waals surface area contributed by atoms with Crippen molar-refractivity contribution in [3.8, 4) is 0 Å². The van der Waals surface area contributed by atoms with Crippen LogP contribution in [-0.4, -0.2) is 19.3 Å². The fourth-order valence-electron chi connectivity index (χ4n) is 3.67. The Morgan fingerprint density at radius 2 is 1.81 bits per heavy atom. The highest BCUT2D eigenvalue weighted by molar-refractivity contribution is 5.46. The molecule has 0 radical (unpaired) electrons. The molecule has 1 N–H and O–H groups in total. The van der Waals surface area contributed by atoms with E-state index in [9.17, 15) is 0 Å². The summed E-state index contributed by atoms with van der Waals surface area (Å²) >= 11 is 0. The van der Waals surface area contributed by atoms with Gasteiger partial charge in [-0.2, -0.15) is 0 Å². The largest absolute Gasteiger partial charge is 0.378 e. The van der Waals surface area contributed by atoms with E-state index in [-0.39, 0.29) is 0 Å². The average Bonchev–Trinajstić information content (AvgIpc) is 2.86.